The summed E-state index contributed by atoms with van der Waals surface area (Å²) in [6.07, 6.45) is 0. The Hall–Kier alpha value is -1.19. The molecular weight excluding hydrogens is 220 g/mol. The van der Waals surface area contributed by atoms with Gasteiger partial charge in [0, 0.05) is 10.3 Å². The summed E-state index contributed by atoms with van der Waals surface area (Å²) in [5.74, 6) is 0.118. The molecule has 1 heterocycles. The van der Waals surface area contributed by atoms with Gasteiger partial charge in [-0.1, -0.05) is 17.7 Å². The molecule has 0 aliphatic rings. The van der Waals surface area contributed by atoms with Crippen molar-refractivity contribution in [3.8, 4) is 21.9 Å². The van der Waals surface area contributed by atoms with Gasteiger partial charge in [-0.3, -0.25) is 0 Å². The van der Waals surface area contributed by atoms with Crippen LogP contribution in [0.1, 0.15) is 0 Å². The summed E-state index contributed by atoms with van der Waals surface area (Å²) >= 11 is 7.14. The predicted octanol–water partition coefficient (Wildman–Crippen LogP) is 3.48. The third-order valence-corrected chi connectivity index (χ3v) is 3.13. The number of phenols is 2. The molecule has 2 aromatic rings. The molecule has 72 valence electrons. The summed E-state index contributed by atoms with van der Waals surface area (Å²) in [6.45, 7) is 0. The normalized spacial score (nSPS) is 10.4. The number of thiophene rings is 1. The molecule has 0 unspecified atom stereocenters. The Morgan fingerprint density at radius 3 is 2.29 bits per heavy atom. The van der Waals surface area contributed by atoms with Crippen LogP contribution in [-0.4, -0.2) is 10.2 Å². The molecule has 0 spiro atoms. The van der Waals surface area contributed by atoms with Gasteiger partial charge in [0.25, 0.3) is 0 Å². The fourth-order valence-corrected chi connectivity index (χ4v) is 2.36. The highest BCUT2D eigenvalue weighted by Gasteiger charge is 2.11. The molecule has 0 saturated heterocycles. The maximum Gasteiger partial charge on any atom is 0.127 e. The molecule has 0 amide bonds. The van der Waals surface area contributed by atoms with E-state index >= 15 is 0 Å². The third-order valence-electron chi connectivity index (χ3n) is 1.83. The molecule has 14 heavy (non-hydrogen) atoms. The average Bonchev–Trinajstić information content (AvgIpc) is 2.51. The lowest BCUT2D eigenvalue weighted by atomic mass is 10.1. The van der Waals surface area contributed by atoms with Crippen LogP contribution < -0.4 is 0 Å². The van der Waals surface area contributed by atoms with Gasteiger partial charge in [-0.25, -0.2) is 0 Å². The highest BCUT2D eigenvalue weighted by molar-refractivity contribution is 7.14. The molecule has 0 aliphatic heterocycles. The molecule has 4 heteroatoms. The minimum atomic E-state index is 0.0588. The van der Waals surface area contributed by atoms with E-state index in [2.05, 4.69) is 0 Å². The van der Waals surface area contributed by atoms with Crippen LogP contribution >= 0.6 is 22.9 Å². The van der Waals surface area contributed by atoms with Crippen molar-refractivity contribution in [3.05, 3.63) is 34.7 Å². The zero-order chi connectivity index (χ0) is 10.1. The molecule has 1 aromatic carbocycles. The molecule has 0 atom stereocenters. The predicted molar refractivity (Wildman–Crippen MR) is 58.1 cm³/mol. The Morgan fingerprint density at radius 2 is 1.79 bits per heavy atom. The van der Waals surface area contributed by atoms with Gasteiger partial charge in [0.15, 0.2) is 0 Å². The van der Waals surface area contributed by atoms with Crippen LogP contribution in [0.2, 0.25) is 5.02 Å². The number of hydrogen-bond donors (Lipinski definition) is 2. The van der Waals surface area contributed by atoms with Crippen molar-refractivity contribution in [1.82, 2.24) is 0 Å². The van der Waals surface area contributed by atoms with E-state index in [1.807, 2.05) is 0 Å². The Labute approximate surface area is 90.0 Å². The van der Waals surface area contributed by atoms with Crippen LogP contribution in [0.5, 0.6) is 11.5 Å². The molecule has 0 saturated carbocycles. The van der Waals surface area contributed by atoms with Crippen LogP contribution in [0.15, 0.2) is 29.6 Å². The Morgan fingerprint density at radius 1 is 1.14 bits per heavy atom. The first-order valence-corrected chi connectivity index (χ1v) is 5.19. The molecule has 2 rings (SSSR count). The Bertz CT molecular complexity index is 445. The SMILES string of the molecule is Oc1cccc(O)c1-c1cc(Cl)cs1. The van der Waals surface area contributed by atoms with Crippen molar-refractivity contribution < 1.29 is 10.2 Å². The molecule has 2 N–H and O–H groups in total. The van der Waals surface area contributed by atoms with E-state index in [1.54, 1.807) is 17.5 Å². The summed E-state index contributed by atoms with van der Waals surface area (Å²) in [7, 11) is 0. The Kier molecular flexibility index (Phi) is 2.35. The lowest BCUT2D eigenvalue weighted by Gasteiger charge is -2.03. The zero-order valence-electron chi connectivity index (χ0n) is 7.07. The van der Waals surface area contributed by atoms with Crippen molar-refractivity contribution >= 4 is 22.9 Å². The highest BCUT2D eigenvalue weighted by atomic mass is 35.5. The maximum atomic E-state index is 9.56. The minimum Gasteiger partial charge on any atom is -0.507 e. The van der Waals surface area contributed by atoms with Crippen LogP contribution in [0.3, 0.4) is 0 Å². The van der Waals surface area contributed by atoms with Crippen LogP contribution in [-0.2, 0) is 0 Å². The van der Waals surface area contributed by atoms with Crippen molar-refractivity contribution in [2.75, 3.05) is 0 Å². The minimum absolute atomic E-state index is 0.0588. The fourth-order valence-electron chi connectivity index (χ4n) is 1.22. The van der Waals surface area contributed by atoms with Gasteiger partial charge < -0.3 is 10.2 Å². The summed E-state index contributed by atoms with van der Waals surface area (Å²) < 4.78 is 0. The smallest absolute Gasteiger partial charge is 0.127 e. The van der Waals surface area contributed by atoms with E-state index in [0.717, 1.165) is 4.88 Å². The third kappa shape index (κ3) is 1.56. The van der Waals surface area contributed by atoms with E-state index in [0.29, 0.717) is 10.6 Å². The van der Waals surface area contributed by atoms with Crippen molar-refractivity contribution in [2.45, 2.75) is 0 Å². The van der Waals surface area contributed by atoms with Gasteiger partial charge in [-0.05, 0) is 18.2 Å². The molecule has 0 radical (unpaired) electrons. The lowest BCUT2D eigenvalue weighted by molar-refractivity contribution is 0.454. The van der Waals surface area contributed by atoms with Gasteiger partial charge in [0.05, 0.1) is 10.6 Å². The molecule has 1 aromatic heterocycles. The number of phenolic OH excluding ortho intramolecular Hbond substituents is 2. The summed E-state index contributed by atoms with van der Waals surface area (Å²) in [6, 6.07) is 6.36. The second-order valence-electron chi connectivity index (χ2n) is 2.80. The maximum absolute atomic E-state index is 9.56. The summed E-state index contributed by atoms with van der Waals surface area (Å²) in [5, 5.41) is 21.5. The zero-order valence-corrected chi connectivity index (χ0v) is 8.64. The number of halogens is 1. The number of benzene rings is 1. The van der Waals surface area contributed by atoms with Crippen LogP contribution in [0, 0.1) is 0 Å². The molecule has 0 fully saturated rings. The molecular formula is C10H7ClO2S. The van der Waals surface area contributed by atoms with Gasteiger partial charge >= 0.3 is 0 Å². The first-order chi connectivity index (χ1) is 6.68. The lowest BCUT2D eigenvalue weighted by Crippen LogP contribution is -1.75. The second kappa shape index (κ2) is 3.52. The van der Waals surface area contributed by atoms with E-state index in [1.165, 1.54) is 23.5 Å². The Balaban J connectivity index is 2.61. The van der Waals surface area contributed by atoms with Crippen molar-refractivity contribution in [3.63, 3.8) is 0 Å². The van der Waals surface area contributed by atoms with Crippen molar-refractivity contribution in [2.24, 2.45) is 0 Å². The number of aromatic hydroxyl groups is 2. The molecule has 2 nitrogen and oxygen atoms in total. The first kappa shape index (κ1) is 9.37. The standard InChI is InChI=1S/C10H7ClO2S/c11-6-4-9(14-5-6)10-7(12)2-1-3-8(10)13/h1-5,12-13H. The van der Waals surface area contributed by atoms with Crippen LogP contribution in [0.25, 0.3) is 10.4 Å². The monoisotopic (exact) mass is 226 g/mol. The second-order valence-corrected chi connectivity index (χ2v) is 4.15. The average molecular weight is 227 g/mol. The fraction of sp³-hybridized carbons (Fsp3) is 0. The largest absolute Gasteiger partial charge is 0.507 e. The molecule has 0 bridgehead atoms. The van der Waals surface area contributed by atoms with Gasteiger partial charge in [0.2, 0.25) is 0 Å². The highest BCUT2D eigenvalue weighted by Crippen LogP contribution is 2.40. The summed E-state index contributed by atoms with van der Waals surface area (Å²) in [4.78, 5) is 0.755. The van der Waals surface area contributed by atoms with E-state index in [4.69, 9.17) is 11.6 Å². The number of rotatable bonds is 1. The van der Waals surface area contributed by atoms with Gasteiger partial charge in [0.1, 0.15) is 11.5 Å². The van der Waals surface area contributed by atoms with Crippen molar-refractivity contribution in [1.29, 1.82) is 0 Å². The van der Waals surface area contributed by atoms with E-state index in [-0.39, 0.29) is 11.5 Å². The number of hydrogen-bond acceptors (Lipinski definition) is 3. The topological polar surface area (TPSA) is 40.5 Å². The van der Waals surface area contributed by atoms with E-state index < -0.39 is 0 Å². The molecule has 0 aliphatic carbocycles. The summed E-state index contributed by atoms with van der Waals surface area (Å²) in [5.41, 5.74) is 0.435. The quantitative estimate of drug-likeness (QED) is 0.782. The van der Waals surface area contributed by atoms with E-state index in [9.17, 15) is 10.2 Å². The van der Waals surface area contributed by atoms with Gasteiger partial charge in [-0.15, -0.1) is 11.3 Å². The first-order valence-electron chi connectivity index (χ1n) is 3.94. The van der Waals surface area contributed by atoms with Gasteiger partial charge in [-0.2, -0.15) is 0 Å². The van der Waals surface area contributed by atoms with Crippen LogP contribution in [0.4, 0.5) is 0 Å².